The lowest BCUT2D eigenvalue weighted by atomic mass is 9.97. The molecule has 0 saturated heterocycles. The van der Waals surface area contributed by atoms with Crippen molar-refractivity contribution in [3.05, 3.63) is 65.5 Å². The van der Waals surface area contributed by atoms with Crippen LogP contribution in [0.4, 0.5) is 23.2 Å². The van der Waals surface area contributed by atoms with Crippen LogP contribution in [-0.4, -0.2) is 48.1 Å². The third-order valence-corrected chi connectivity index (χ3v) is 7.01. The van der Waals surface area contributed by atoms with Gasteiger partial charge in [0.15, 0.2) is 0 Å². The van der Waals surface area contributed by atoms with Crippen LogP contribution in [0.3, 0.4) is 0 Å². The zero-order chi connectivity index (χ0) is 30.0. The highest BCUT2D eigenvalue weighted by molar-refractivity contribution is 7.97. The molecule has 0 spiro atoms. The maximum absolute atomic E-state index is 14.6. The van der Waals surface area contributed by atoms with Crippen molar-refractivity contribution in [3.8, 4) is 0 Å². The summed E-state index contributed by atoms with van der Waals surface area (Å²) in [5, 5.41) is 4.74. The first-order valence-electron chi connectivity index (χ1n) is 13.2. The standard InChI is InChI=1S/C24H25F4N5O3S.C4H8/c25-17-8-4-7-16-19(14-5-2-1-3-6-14)30-21(23(36)31-20(16)17)32-22(35)15(9-10-24(26,27)28)13-18(34)33-37-12-11-29;1-4-2-3-4/h1-8,15,21H,9-13,29H2,(H,31,36)(H,32,35)(H,33,34);4H,2-3H2,1H3. The molecule has 1 saturated carbocycles. The Labute approximate surface area is 240 Å². The molecule has 41 heavy (non-hydrogen) atoms. The van der Waals surface area contributed by atoms with Gasteiger partial charge in [-0.25, -0.2) is 9.38 Å². The number of halogens is 4. The van der Waals surface area contributed by atoms with Gasteiger partial charge in [0.25, 0.3) is 5.91 Å². The molecular weight excluding hydrogens is 562 g/mol. The van der Waals surface area contributed by atoms with Crippen LogP contribution in [-0.2, 0) is 14.4 Å². The van der Waals surface area contributed by atoms with Gasteiger partial charge < -0.3 is 21.1 Å². The van der Waals surface area contributed by atoms with Crippen LogP contribution in [0.2, 0.25) is 0 Å². The second-order valence-corrected chi connectivity index (χ2v) is 10.7. The summed E-state index contributed by atoms with van der Waals surface area (Å²) in [6, 6.07) is 12.6. The Morgan fingerprint density at radius 3 is 2.44 bits per heavy atom. The van der Waals surface area contributed by atoms with Crippen LogP contribution in [0.25, 0.3) is 0 Å². The van der Waals surface area contributed by atoms with Gasteiger partial charge in [-0.1, -0.05) is 62.2 Å². The summed E-state index contributed by atoms with van der Waals surface area (Å²) in [5.74, 6) is -3.17. The first kappa shape index (κ1) is 32.1. The van der Waals surface area contributed by atoms with Crippen LogP contribution in [0.15, 0.2) is 53.5 Å². The summed E-state index contributed by atoms with van der Waals surface area (Å²) in [6.07, 6.45) is -5.69. The second kappa shape index (κ2) is 15.0. The lowest BCUT2D eigenvalue weighted by molar-refractivity contribution is -0.143. The van der Waals surface area contributed by atoms with Gasteiger partial charge in [0, 0.05) is 42.2 Å². The first-order chi connectivity index (χ1) is 19.5. The molecule has 5 N–H and O–H groups in total. The molecule has 4 rings (SSSR count). The number of para-hydroxylation sites is 1. The normalized spacial score (nSPS) is 17.1. The smallest absolute Gasteiger partial charge is 0.330 e. The quantitative estimate of drug-likeness (QED) is 0.182. The molecule has 1 fully saturated rings. The van der Waals surface area contributed by atoms with E-state index in [1.165, 1.54) is 18.9 Å². The number of nitrogens with two attached hydrogens (primary N) is 1. The van der Waals surface area contributed by atoms with Crippen LogP contribution in [0.5, 0.6) is 0 Å². The fraction of sp³-hybridized carbons (Fsp3) is 0.429. The third kappa shape index (κ3) is 10.5. The Kier molecular flexibility index (Phi) is 11.7. The third-order valence-electron chi connectivity index (χ3n) is 6.20. The van der Waals surface area contributed by atoms with Gasteiger partial charge in [0.2, 0.25) is 18.0 Å². The number of benzodiazepines with no additional fused rings is 1. The number of nitrogens with zero attached hydrogens (tertiary/aromatic N) is 1. The predicted octanol–water partition coefficient (Wildman–Crippen LogP) is 4.55. The summed E-state index contributed by atoms with van der Waals surface area (Å²) >= 11 is 0.970. The number of hydrogen-bond donors (Lipinski definition) is 4. The molecule has 3 amide bonds. The Bertz CT molecular complexity index is 1240. The number of rotatable bonds is 10. The number of carbonyl (C=O) groups excluding carboxylic acids is 3. The molecule has 2 atom stereocenters. The molecule has 222 valence electrons. The number of fused-ring (bicyclic) bond motifs is 1. The Morgan fingerprint density at radius 1 is 1.15 bits per heavy atom. The largest absolute Gasteiger partial charge is 0.389 e. The van der Waals surface area contributed by atoms with E-state index in [0.29, 0.717) is 11.3 Å². The Morgan fingerprint density at radius 2 is 1.83 bits per heavy atom. The van der Waals surface area contributed by atoms with Gasteiger partial charge in [-0.15, -0.1) is 0 Å². The molecule has 8 nitrogen and oxygen atoms in total. The minimum atomic E-state index is -4.55. The minimum absolute atomic E-state index is 0.142. The average Bonchev–Trinajstić information content (AvgIpc) is 3.73. The van der Waals surface area contributed by atoms with Gasteiger partial charge in [-0.2, -0.15) is 13.2 Å². The zero-order valence-electron chi connectivity index (χ0n) is 22.5. The SMILES string of the molecule is CC1CC1.NCCSNC(=O)CC(CCC(F)(F)F)C(=O)NC1N=C(c2ccccc2)c2cccc(F)c2NC1=O. The number of alkyl halides is 3. The lowest BCUT2D eigenvalue weighted by Crippen LogP contribution is -2.45. The molecular formula is C28H33F4N5O3S. The van der Waals surface area contributed by atoms with E-state index >= 15 is 0 Å². The maximum Gasteiger partial charge on any atom is 0.389 e. The summed E-state index contributed by atoms with van der Waals surface area (Å²) in [5.41, 5.74) is 6.19. The van der Waals surface area contributed by atoms with Crippen molar-refractivity contribution in [2.24, 2.45) is 22.6 Å². The van der Waals surface area contributed by atoms with Gasteiger partial charge in [-0.05, 0) is 30.4 Å². The van der Waals surface area contributed by atoms with Gasteiger partial charge >= 0.3 is 6.18 Å². The molecule has 2 aromatic carbocycles. The van der Waals surface area contributed by atoms with Crippen molar-refractivity contribution in [2.45, 2.75) is 51.4 Å². The molecule has 2 aliphatic rings. The molecule has 13 heteroatoms. The fourth-order valence-electron chi connectivity index (χ4n) is 3.76. The van der Waals surface area contributed by atoms with Crippen molar-refractivity contribution in [1.82, 2.24) is 10.0 Å². The van der Waals surface area contributed by atoms with E-state index in [9.17, 15) is 31.9 Å². The highest BCUT2D eigenvalue weighted by Crippen LogP contribution is 2.28. The van der Waals surface area contributed by atoms with E-state index in [4.69, 9.17) is 5.73 Å². The van der Waals surface area contributed by atoms with E-state index in [1.807, 2.05) is 0 Å². The van der Waals surface area contributed by atoms with E-state index in [2.05, 4.69) is 27.3 Å². The first-order valence-corrected chi connectivity index (χ1v) is 14.2. The summed E-state index contributed by atoms with van der Waals surface area (Å²) < 4.78 is 55.7. The van der Waals surface area contributed by atoms with Crippen LogP contribution < -0.4 is 21.1 Å². The fourth-order valence-corrected chi connectivity index (χ4v) is 4.22. The van der Waals surface area contributed by atoms with Crippen LogP contribution in [0.1, 0.15) is 50.2 Å². The molecule has 2 unspecified atom stereocenters. The lowest BCUT2D eigenvalue weighted by Gasteiger charge is -2.20. The van der Waals surface area contributed by atoms with E-state index in [-0.39, 0.29) is 23.5 Å². The average molecular weight is 596 g/mol. The van der Waals surface area contributed by atoms with Crippen molar-refractivity contribution in [1.29, 1.82) is 0 Å². The van der Waals surface area contributed by atoms with Crippen molar-refractivity contribution in [3.63, 3.8) is 0 Å². The van der Waals surface area contributed by atoms with Crippen molar-refractivity contribution in [2.75, 3.05) is 17.6 Å². The summed E-state index contributed by atoms with van der Waals surface area (Å²) in [4.78, 5) is 42.5. The molecule has 1 aliphatic heterocycles. The molecule has 0 aromatic heterocycles. The predicted molar refractivity (Wildman–Crippen MR) is 150 cm³/mol. The molecule has 0 radical (unpaired) electrons. The monoisotopic (exact) mass is 595 g/mol. The number of amides is 3. The number of nitrogens with one attached hydrogen (secondary N) is 3. The topological polar surface area (TPSA) is 126 Å². The minimum Gasteiger partial charge on any atom is -0.330 e. The molecule has 1 aliphatic carbocycles. The Hall–Kier alpha value is -3.45. The number of aliphatic imine (C=N–C) groups is 1. The molecule has 1 heterocycles. The number of anilines is 1. The number of benzene rings is 2. The maximum atomic E-state index is 14.6. The summed E-state index contributed by atoms with van der Waals surface area (Å²) in [7, 11) is 0. The van der Waals surface area contributed by atoms with Gasteiger partial charge in [0.1, 0.15) is 5.82 Å². The van der Waals surface area contributed by atoms with Crippen molar-refractivity contribution < 1.29 is 31.9 Å². The van der Waals surface area contributed by atoms with Crippen molar-refractivity contribution >= 4 is 41.1 Å². The second-order valence-electron chi connectivity index (χ2n) is 9.81. The van der Waals surface area contributed by atoms with E-state index in [1.54, 1.807) is 36.4 Å². The highest BCUT2D eigenvalue weighted by atomic mass is 32.2. The van der Waals surface area contributed by atoms with E-state index < -0.39 is 61.1 Å². The number of carbonyl (C=O) groups is 3. The molecule has 2 aromatic rings. The highest BCUT2D eigenvalue weighted by Gasteiger charge is 2.34. The summed E-state index contributed by atoms with van der Waals surface area (Å²) in [6.45, 7) is 2.55. The van der Waals surface area contributed by atoms with Crippen LogP contribution in [0, 0.1) is 17.7 Å². The van der Waals surface area contributed by atoms with Gasteiger partial charge in [0.05, 0.1) is 11.4 Å². The Balaban J connectivity index is 0.00000106. The van der Waals surface area contributed by atoms with E-state index in [0.717, 1.165) is 23.9 Å². The van der Waals surface area contributed by atoms with Gasteiger partial charge in [-0.3, -0.25) is 14.4 Å². The van der Waals surface area contributed by atoms with Crippen LogP contribution >= 0.6 is 11.9 Å². The zero-order valence-corrected chi connectivity index (χ0v) is 23.3. The molecule has 0 bridgehead atoms. The number of hydrogen-bond acceptors (Lipinski definition) is 6.